The molecule has 0 bridgehead atoms. The smallest absolute Gasteiger partial charge is 0.253 e. The largest absolute Gasteiger partial charge is 0.351 e. The highest BCUT2D eigenvalue weighted by atomic mass is 32.2. The third-order valence-electron chi connectivity index (χ3n) is 4.75. The van der Waals surface area contributed by atoms with E-state index in [1.807, 2.05) is 41.8 Å². The molecular formula is C20H20N2O3S3. The molecule has 146 valence electrons. The van der Waals surface area contributed by atoms with Crippen molar-refractivity contribution in [2.75, 3.05) is 6.54 Å². The Hall–Kier alpha value is -2.00. The number of amides is 1. The minimum atomic E-state index is -3.65. The topological polar surface area (TPSA) is 66.5 Å². The zero-order chi connectivity index (χ0) is 19.7. The van der Waals surface area contributed by atoms with Gasteiger partial charge in [0.25, 0.3) is 10.0 Å². The standard InChI is InChI=1S/C20H20N2O3S3/c1-14(23)21-13-16-7-8-19(27-16)28(24,25)22-11-9-18-17(10-12-26-18)20(22)15-5-3-2-4-6-15/h2-8,10,12,20H,9,11,13H2,1H3,(H,21,23)/t20-/m1/s1. The second kappa shape index (κ2) is 7.79. The molecule has 0 unspecified atom stereocenters. The molecule has 1 aliphatic rings. The van der Waals surface area contributed by atoms with Crippen LogP contribution in [0.5, 0.6) is 0 Å². The fraction of sp³-hybridized carbons (Fsp3) is 0.250. The van der Waals surface area contributed by atoms with Gasteiger partial charge in [0.1, 0.15) is 4.21 Å². The number of hydrogen-bond acceptors (Lipinski definition) is 5. The Kier molecular flexibility index (Phi) is 5.37. The highest BCUT2D eigenvalue weighted by Gasteiger charge is 2.38. The Balaban J connectivity index is 1.71. The van der Waals surface area contributed by atoms with Gasteiger partial charge in [0.2, 0.25) is 5.91 Å². The summed E-state index contributed by atoms with van der Waals surface area (Å²) in [5.74, 6) is -0.136. The fourth-order valence-electron chi connectivity index (χ4n) is 3.45. The van der Waals surface area contributed by atoms with Crippen molar-refractivity contribution in [3.63, 3.8) is 0 Å². The first-order valence-corrected chi connectivity index (χ1v) is 12.1. The van der Waals surface area contributed by atoms with Crippen molar-refractivity contribution in [3.8, 4) is 0 Å². The van der Waals surface area contributed by atoms with Crippen LogP contribution in [0, 0.1) is 0 Å². The van der Waals surface area contributed by atoms with E-state index in [9.17, 15) is 13.2 Å². The van der Waals surface area contributed by atoms with E-state index in [0.29, 0.717) is 17.3 Å². The number of fused-ring (bicyclic) bond motifs is 1. The number of rotatable bonds is 5. The first-order valence-electron chi connectivity index (χ1n) is 8.93. The molecule has 0 saturated heterocycles. The van der Waals surface area contributed by atoms with E-state index in [1.54, 1.807) is 27.8 Å². The van der Waals surface area contributed by atoms with Crippen molar-refractivity contribution in [2.45, 2.75) is 30.1 Å². The lowest BCUT2D eigenvalue weighted by atomic mass is 9.95. The Morgan fingerprint density at radius 1 is 1.18 bits per heavy atom. The fourth-order valence-corrected chi connectivity index (χ4v) is 7.38. The van der Waals surface area contributed by atoms with Crippen molar-refractivity contribution in [2.24, 2.45) is 0 Å². The third kappa shape index (κ3) is 3.65. The normalized spacial score (nSPS) is 17.2. The van der Waals surface area contributed by atoms with Crippen LogP contribution in [-0.2, 0) is 27.8 Å². The van der Waals surface area contributed by atoms with E-state index < -0.39 is 10.0 Å². The van der Waals surface area contributed by atoms with Crippen LogP contribution in [0.15, 0.2) is 58.1 Å². The van der Waals surface area contributed by atoms with Crippen LogP contribution in [0.3, 0.4) is 0 Å². The molecule has 1 atom stereocenters. The van der Waals surface area contributed by atoms with Crippen LogP contribution in [0.4, 0.5) is 0 Å². The summed E-state index contributed by atoms with van der Waals surface area (Å²) in [6, 6.07) is 14.9. The number of nitrogens with zero attached hydrogens (tertiary/aromatic N) is 1. The molecule has 0 fully saturated rings. The zero-order valence-corrected chi connectivity index (χ0v) is 17.7. The van der Waals surface area contributed by atoms with Crippen LogP contribution in [0.25, 0.3) is 0 Å². The van der Waals surface area contributed by atoms with Gasteiger partial charge in [-0.2, -0.15) is 4.31 Å². The Bertz CT molecular complexity index is 1090. The number of hydrogen-bond donors (Lipinski definition) is 1. The SMILES string of the molecule is CC(=O)NCc1ccc(S(=O)(=O)N2CCc3sccc3[C@H]2c2ccccc2)s1. The van der Waals surface area contributed by atoms with Gasteiger partial charge in [0, 0.05) is 23.2 Å². The van der Waals surface area contributed by atoms with Gasteiger partial charge in [-0.3, -0.25) is 4.79 Å². The van der Waals surface area contributed by atoms with Crippen molar-refractivity contribution in [1.82, 2.24) is 9.62 Å². The molecule has 0 aliphatic carbocycles. The van der Waals surface area contributed by atoms with Gasteiger partial charge in [-0.25, -0.2) is 8.42 Å². The minimum Gasteiger partial charge on any atom is -0.351 e. The van der Waals surface area contributed by atoms with Gasteiger partial charge in [0.15, 0.2) is 0 Å². The second-order valence-corrected chi connectivity index (χ2v) is 10.9. The van der Waals surface area contributed by atoms with Crippen molar-refractivity contribution in [3.05, 3.63) is 74.8 Å². The highest BCUT2D eigenvalue weighted by Crippen LogP contribution is 2.41. The Labute approximate surface area is 172 Å². The summed E-state index contributed by atoms with van der Waals surface area (Å²) >= 11 is 2.90. The van der Waals surface area contributed by atoms with E-state index in [1.165, 1.54) is 23.1 Å². The maximum absolute atomic E-state index is 13.5. The van der Waals surface area contributed by atoms with Crippen LogP contribution in [-0.4, -0.2) is 25.2 Å². The zero-order valence-electron chi connectivity index (χ0n) is 15.3. The molecule has 3 heterocycles. The Morgan fingerprint density at radius 2 is 1.96 bits per heavy atom. The molecular weight excluding hydrogens is 412 g/mol. The highest BCUT2D eigenvalue weighted by molar-refractivity contribution is 7.91. The van der Waals surface area contributed by atoms with Crippen LogP contribution < -0.4 is 5.32 Å². The molecule has 4 rings (SSSR count). The average molecular weight is 433 g/mol. The van der Waals surface area contributed by atoms with E-state index >= 15 is 0 Å². The molecule has 0 spiro atoms. The first-order chi connectivity index (χ1) is 13.5. The first kappa shape index (κ1) is 19.3. The summed E-state index contributed by atoms with van der Waals surface area (Å²) in [6.07, 6.45) is 0.722. The molecule has 1 amide bonds. The van der Waals surface area contributed by atoms with Gasteiger partial charge in [0.05, 0.1) is 12.6 Å². The molecule has 1 aromatic carbocycles. The molecule has 8 heteroatoms. The monoisotopic (exact) mass is 432 g/mol. The maximum atomic E-state index is 13.5. The van der Waals surface area contributed by atoms with E-state index in [2.05, 4.69) is 5.32 Å². The van der Waals surface area contributed by atoms with Crippen molar-refractivity contribution in [1.29, 1.82) is 0 Å². The molecule has 0 saturated carbocycles. The molecule has 0 radical (unpaired) electrons. The summed E-state index contributed by atoms with van der Waals surface area (Å²) in [5.41, 5.74) is 2.04. The van der Waals surface area contributed by atoms with Crippen LogP contribution >= 0.6 is 22.7 Å². The molecule has 1 aliphatic heterocycles. The quantitative estimate of drug-likeness (QED) is 0.667. The number of thiophene rings is 2. The average Bonchev–Trinajstić information content (AvgIpc) is 3.35. The summed E-state index contributed by atoms with van der Waals surface area (Å²) in [4.78, 5) is 13.2. The summed E-state index contributed by atoms with van der Waals surface area (Å²) in [5, 5.41) is 4.75. The van der Waals surface area contributed by atoms with E-state index in [4.69, 9.17) is 0 Å². The molecule has 28 heavy (non-hydrogen) atoms. The van der Waals surface area contributed by atoms with Gasteiger partial charge < -0.3 is 5.32 Å². The number of carbonyl (C=O) groups excluding carboxylic acids is 1. The second-order valence-electron chi connectivity index (χ2n) is 6.61. The van der Waals surface area contributed by atoms with Crippen LogP contribution in [0.1, 0.15) is 33.8 Å². The number of nitrogens with one attached hydrogen (secondary N) is 1. The van der Waals surface area contributed by atoms with Crippen molar-refractivity contribution >= 4 is 38.6 Å². The predicted molar refractivity (Wildman–Crippen MR) is 112 cm³/mol. The Morgan fingerprint density at radius 3 is 2.71 bits per heavy atom. The number of benzene rings is 1. The summed E-state index contributed by atoms with van der Waals surface area (Å²) < 4.78 is 28.9. The van der Waals surface area contributed by atoms with E-state index in [-0.39, 0.29) is 11.9 Å². The molecule has 2 aromatic heterocycles. The summed E-state index contributed by atoms with van der Waals surface area (Å²) in [7, 11) is -3.65. The molecule has 3 aromatic rings. The third-order valence-corrected chi connectivity index (χ3v) is 9.16. The number of sulfonamides is 1. The van der Waals surface area contributed by atoms with Crippen LogP contribution in [0.2, 0.25) is 0 Å². The van der Waals surface area contributed by atoms with Gasteiger partial charge in [-0.15, -0.1) is 22.7 Å². The number of carbonyl (C=O) groups is 1. The van der Waals surface area contributed by atoms with Crippen molar-refractivity contribution < 1.29 is 13.2 Å². The maximum Gasteiger partial charge on any atom is 0.253 e. The minimum absolute atomic E-state index is 0.136. The van der Waals surface area contributed by atoms with Gasteiger partial charge in [-0.05, 0) is 41.1 Å². The summed E-state index contributed by atoms with van der Waals surface area (Å²) in [6.45, 7) is 2.24. The lowest BCUT2D eigenvalue weighted by Crippen LogP contribution is -2.39. The van der Waals surface area contributed by atoms with Gasteiger partial charge >= 0.3 is 0 Å². The molecule has 5 nitrogen and oxygen atoms in total. The van der Waals surface area contributed by atoms with E-state index in [0.717, 1.165) is 22.4 Å². The lowest BCUT2D eigenvalue weighted by Gasteiger charge is -2.34. The lowest BCUT2D eigenvalue weighted by molar-refractivity contribution is -0.119. The van der Waals surface area contributed by atoms with Gasteiger partial charge in [-0.1, -0.05) is 30.3 Å². The molecule has 1 N–H and O–H groups in total. The predicted octanol–water partition coefficient (Wildman–Crippen LogP) is 3.78.